The highest BCUT2D eigenvalue weighted by Gasteiger charge is 2.55. The monoisotopic (exact) mass is 567 g/mol. The third kappa shape index (κ3) is 5.67. The van der Waals surface area contributed by atoms with Crippen molar-refractivity contribution >= 4 is 17.4 Å². The van der Waals surface area contributed by atoms with Crippen LogP contribution in [0.25, 0.3) is 0 Å². The van der Waals surface area contributed by atoms with Gasteiger partial charge in [-0.1, -0.05) is 74.9 Å². The third-order valence-electron chi connectivity index (χ3n) is 11.7. The van der Waals surface area contributed by atoms with Gasteiger partial charge in [-0.25, -0.2) is 0 Å². The Hall–Kier alpha value is -2.62. The van der Waals surface area contributed by atoms with Gasteiger partial charge >= 0.3 is 5.97 Å². The first-order valence-electron chi connectivity index (χ1n) is 17.3. The summed E-state index contributed by atoms with van der Waals surface area (Å²) in [6, 6.07) is 17.4. The lowest BCUT2D eigenvalue weighted by atomic mass is 9.49. The van der Waals surface area contributed by atoms with Gasteiger partial charge in [0.15, 0.2) is 5.78 Å². The first-order chi connectivity index (χ1) is 20.6. The number of nitrogens with zero attached hydrogens (tertiary/aromatic N) is 1. The number of rotatable bonds is 9. The van der Waals surface area contributed by atoms with Gasteiger partial charge in [0.05, 0.1) is 12.0 Å². The van der Waals surface area contributed by atoms with E-state index in [9.17, 15) is 9.59 Å². The highest BCUT2D eigenvalue weighted by Crippen LogP contribution is 2.60. The number of benzene rings is 2. The maximum absolute atomic E-state index is 14.0. The van der Waals surface area contributed by atoms with Crippen LogP contribution in [0, 0.1) is 23.2 Å². The van der Waals surface area contributed by atoms with Gasteiger partial charge in [-0.3, -0.25) is 9.59 Å². The topological polar surface area (TPSA) is 46.6 Å². The van der Waals surface area contributed by atoms with Gasteiger partial charge in [-0.05, 0) is 99.7 Å². The van der Waals surface area contributed by atoms with Gasteiger partial charge in [0.25, 0.3) is 0 Å². The van der Waals surface area contributed by atoms with E-state index in [4.69, 9.17) is 4.74 Å². The molecule has 2 aromatic rings. The molecule has 8 rings (SSSR count). The molecule has 6 fully saturated rings. The Morgan fingerprint density at radius 1 is 0.738 bits per heavy atom. The molecular formula is C38H49NO3. The number of hydrogen-bond donors (Lipinski definition) is 0. The molecule has 42 heavy (non-hydrogen) atoms. The molecule has 0 amide bonds. The van der Waals surface area contributed by atoms with E-state index in [1.807, 2.05) is 30.3 Å². The second kappa shape index (κ2) is 12.2. The van der Waals surface area contributed by atoms with E-state index in [-0.39, 0.29) is 17.2 Å². The van der Waals surface area contributed by atoms with Crippen molar-refractivity contribution in [1.29, 1.82) is 0 Å². The molecule has 0 atom stereocenters. The first-order valence-corrected chi connectivity index (χ1v) is 17.3. The number of esters is 1. The lowest BCUT2D eigenvalue weighted by Gasteiger charge is -2.55. The summed E-state index contributed by atoms with van der Waals surface area (Å²) in [6.07, 6.45) is 20.5. The van der Waals surface area contributed by atoms with E-state index >= 15 is 0 Å². The van der Waals surface area contributed by atoms with Crippen LogP contribution < -0.4 is 4.90 Å². The summed E-state index contributed by atoms with van der Waals surface area (Å²) in [5, 5.41) is 0. The normalized spacial score (nSPS) is 29.4. The Bertz CT molecular complexity index is 1200. The number of ether oxygens (including phenoxy) is 1. The van der Waals surface area contributed by atoms with Crippen molar-refractivity contribution in [1.82, 2.24) is 0 Å². The second-order valence-corrected chi connectivity index (χ2v) is 14.6. The zero-order chi connectivity index (χ0) is 28.5. The zero-order valence-corrected chi connectivity index (χ0v) is 25.4. The van der Waals surface area contributed by atoms with Crippen molar-refractivity contribution in [2.45, 2.75) is 121 Å². The predicted octanol–water partition coefficient (Wildman–Crippen LogP) is 8.69. The lowest BCUT2D eigenvalue weighted by Crippen LogP contribution is -2.50. The molecule has 6 saturated carbocycles. The summed E-state index contributed by atoms with van der Waals surface area (Å²) in [5.74, 6) is 2.29. The van der Waals surface area contributed by atoms with Crippen molar-refractivity contribution in [3.05, 3.63) is 65.2 Å². The van der Waals surface area contributed by atoms with E-state index < -0.39 is 0 Å². The molecule has 4 nitrogen and oxygen atoms in total. The van der Waals surface area contributed by atoms with Crippen LogP contribution in [-0.2, 0) is 16.0 Å². The van der Waals surface area contributed by atoms with Gasteiger partial charge in [0.1, 0.15) is 0 Å². The van der Waals surface area contributed by atoms with Crippen molar-refractivity contribution in [2.75, 3.05) is 11.5 Å². The van der Waals surface area contributed by atoms with Crippen LogP contribution in [-0.4, -0.2) is 30.4 Å². The summed E-state index contributed by atoms with van der Waals surface area (Å²) in [5.41, 5.74) is 3.48. The molecule has 0 aromatic heterocycles. The van der Waals surface area contributed by atoms with Crippen molar-refractivity contribution in [3.63, 3.8) is 0 Å². The summed E-state index contributed by atoms with van der Waals surface area (Å²) in [6.45, 7) is 0.351. The minimum absolute atomic E-state index is 0.0370. The van der Waals surface area contributed by atoms with E-state index in [1.165, 1.54) is 89.2 Å². The molecule has 0 saturated heterocycles. The molecule has 4 bridgehead atoms. The minimum atomic E-state index is -0.234. The van der Waals surface area contributed by atoms with Crippen LogP contribution in [0.15, 0.2) is 48.5 Å². The summed E-state index contributed by atoms with van der Waals surface area (Å²) >= 11 is 0. The van der Waals surface area contributed by atoms with Crippen molar-refractivity contribution in [3.8, 4) is 0 Å². The van der Waals surface area contributed by atoms with Gasteiger partial charge in [-0.15, -0.1) is 0 Å². The SMILES string of the molecule is O=C(c1ccccc1)c1cc(N(C2CCCCC2)C2CCCCC2)ccc1CCOC(=O)C12CC3CC(CC(C3)C1)C2. The molecule has 2 aromatic carbocycles. The smallest absolute Gasteiger partial charge is 0.312 e. The van der Waals surface area contributed by atoms with Crippen LogP contribution in [0.2, 0.25) is 0 Å². The molecule has 224 valence electrons. The summed E-state index contributed by atoms with van der Waals surface area (Å²) in [7, 11) is 0. The molecule has 0 aliphatic heterocycles. The highest BCUT2D eigenvalue weighted by atomic mass is 16.5. The third-order valence-corrected chi connectivity index (χ3v) is 11.7. The van der Waals surface area contributed by atoms with Gasteiger partial charge < -0.3 is 9.64 Å². The van der Waals surface area contributed by atoms with Crippen molar-refractivity contribution in [2.24, 2.45) is 23.2 Å². The second-order valence-electron chi connectivity index (χ2n) is 14.6. The Kier molecular flexibility index (Phi) is 8.16. The zero-order valence-electron chi connectivity index (χ0n) is 25.4. The number of ketones is 1. The molecule has 0 heterocycles. The standard InChI is InChI=1S/C38H49NO3/c40-36(31-10-4-1-5-11-31)35-23-34(39(32-12-6-2-7-13-32)33-14-8-3-9-15-33)17-16-30(35)18-19-42-37(41)38-24-27-20-28(25-38)22-29(21-27)26-38/h1,4-5,10-11,16-17,23,27-29,32-33H,2-3,6-9,12-15,18-22,24-26H2. The van der Waals surface area contributed by atoms with Crippen LogP contribution in [0.3, 0.4) is 0 Å². The molecule has 4 heteroatoms. The molecule has 6 aliphatic carbocycles. The maximum Gasteiger partial charge on any atom is 0.312 e. The Morgan fingerprint density at radius 2 is 1.31 bits per heavy atom. The minimum Gasteiger partial charge on any atom is -0.465 e. The van der Waals surface area contributed by atoms with E-state index in [0.717, 1.165) is 53.7 Å². The summed E-state index contributed by atoms with van der Waals surface area (Å²) in [4.78, 5) is 30.2. The number of carbonyl (C=O) groups excluding carboxylic acids is 2. The van der Waals surface area contributed by atoms with Crippen LogP contribution in [0.5, 0.6) is 0 Å². The Labute approximate surface area is 252 Å². The largest absolute Gasteiger partial charge is 0.465 e. The molecule has 0 N–H and O–H groups in total. The van der Waals surface area contributed by atoms with Crippen molar-refractivity contribution < 1.29 is 14.3 Å². The van der Waals surface area contributed by atoms with Gasteiger partial charge in [-0.2, -0.15) is 0 Å². The molecular weight excluding hydrogens is 518 g/mol. The lowest BCUT2D eigenvalue weighted by molar-refractivity contribution is -0.171. The molecule has 6 aliphatic rings. The number of hydrogen-bond acceptors (Lipinski definition) is 4. The van der Waals surface area contributed by atoms with E-state index in [1.54, 1.807) is 0 Å². The van der Waals surface area contributed by atoms with E-state index in [0.29, 0.717) is 25.1 Å². The fourth-order valence-corrected chi connectivity index (χ4v) is 10.1. The number of carbonyl (C=O) groups is 2. The summed E-state index contributed by atoms with van der Waals surface area (Å²) < 4.78 is 6.08. The first kappa shape index (κ1) is 28.2. The van der Waals surface area contributed by atoms with Crippen LogP contribution in [0.4, 0.5) is 5.69 Å². The average molecular weight is 568 g/mol. The molecule has 0 spiro atoms. The molecule has 0 unspecified atom stereocenters. The van der Waals surface area contributed by atoms with Crippen LogP contribution >= 0.6 is 0 Å². The Morgan fingerprint density at radius 3 is 1.88 bits per heavy atom. The van der Waals surface area contributed by atoms with E-state index in [2.05, 4.69) is 23.1 Å². The fourth-order valence-electron chi connectivity index (χ4n) is 10.1. The van der Waals surface area contributed by atoms with Crippen LogP contribution in [0.1, 0.15) is 124 Å². The van der Waals surface area contributed by atoms with Gasteiger partial charge in [0.2, 0.25) is 0 Å². The maximum atomic E-state index is 14.0. The average Bonchev–Trinajstić information content (AvgIpc) is 3.02. The quantitative estimate of drug-likeness (QED) is 0.225. The Balaban J connectivity index is 1.13. The molecule has 0 radical (unpaired) electrons. The fraction of sp³-hybridized carbons (Fsp3) is 0.632. The highest BCUT2D eigenvalue weighted by molar-refractivity contribution is 6.10. The van der Waals surface area contributed by atoms with Gasteiger partial charge in [0, 0.05) is 35.3 Å². The predicted molar refractivity (Wildman–Crippen MR) is 168 cm³/mol. The number of anilines is 1.